The van der Waals surface area contributed by atoms with Crippen LogP contribution in [0.2, 0.25) is 5.02 Å². The molecule has 2 aromatic rings. The third kappa shape index (κ3) is 3.78. The molecule has 0 aliphatic heterocycles. The van der Waals surface area contributed by atoms with Gasteiger partial charge >= 0.3 is 0 Å². The van der Waals surface area contributed by atoms with E-state index in [9.17, 15) is 5.11 Å². The molecule has 2 rings (SSSR count). The number of nitrogens with zero attached hydrogens (tertiary/aromatic N) is 1. The normalized spacial score (nSPS) is 12.4. The fraction of sp³-hybridized carbons (Fsp3) is 0.267. The van der Waals surface area contributed by atoms with Crippen LogP contribution < -0.4 is 0 Å². The van der Waals surface area contributed by atoms with E-state index in [2.05, 4.69) is 27.8 Å². The number of hydrogen-bond acceptors (Lipinski definition) is 2. The number of aliphatic hydroxyl groups excluding tert-OH is 1. The molecule has 0 amide bonds. The van der Waals surface area contributed by atoms with Gasteiger partial charge in [-0.3, -0.25) is 4.98 Å². The molecule has 0 aliphatic carbocycles. The zero-order valence-corrected chi connectivity index (χ0v) is 12.9. The molecule has 0 saturated carbocycles. The van der Waals surface area contributed by atoms with Crippen LogP contribution in [0.15, 0.2) is 41.0 Å². The van der Waals surface area contributed by atoms with E-state index in [0.717, 1.165) is 22.2 Å². The van der Waals surface area contributed by atoms with Gasteiger partial charge in [0.25, 0.3) is 0 Å². The van der Waals surface area contributed by atoms with Crippen molar-refractivity contribution in [2.24, 2.45) is 0 Å². The van der Waals surface area contributed by atoms with Crippen molar-refractivity contribution < 1.29 is 5.11 Å². The van der Waals surface area contributed by atoms with E-state index in [4.69, 9.17) is 11.6 Å². The Labute approximate surface area is 126 Å². The van der Waals surface area contributed by atoms with Crippen molar-refractivity contribution in [1.82, 2.24) is 4.98 Å². The second kappa shape index (κ2) is 6.51. The van der Waals surface area contributed by atoms with Crippen molar-refractivity contribution in [1.29, 1.82) is 0 Å². The number of aryl methyl sites for hydroxylation is 1. The number of aliphatic hydroxyl groups is 1. The van der Waals surface area contributed by atoms with Crippen LogP contribution in [0.1, 0.15) is 29.8 Å². The van der Waals surface area contributed by atoms with Crippen LogP contribution in [0.3, 0.4) is 0 Å². The predicted molar refractivity (Wildman–Crippen MR) is 81.4 cm³/mol. The van der Waals surface area contributed by atoms with Crippen LogP contribution in [0.4, 0.5) is 0 Å². The van der Waals surface area contributed by atoms with Gasteiger partial charge < -0.3 is 5.11 Å². The molecule has 0 spiro atoms. The molecule has 0 radical (unpaired) electrons. The molecule has 0 fully saturated rings. The maximum atomic E-state index is 10.3. The zero-order chi connectivity index (χ0) is 13.8. The summed E-state index contributed by atoms with van der Waals surface area (Å²) in [4.78, 5) is 4.36. The van der Waals surface area contributed by atoms with Crippen molar-refractivity contribution in [3.63, 3.8) is 0 Å². The minimum atomic E-state index is -0.591. The molecule has 1 unspecified atom stereocenters. The first kappa shape index (κ1) is 14.5. The van der Waals surface area contributed by atoms with E-state index in [1.54, 1.807) is 12.1 Å². The minimum Gasteiger partial charge on any atom is -0.388 e. The summed E-state index contributed by atoms with van der Waals surface area (Å²) in [6, 6.07) is 9.40. The van der Waals surface area contributed by atoms with Crippen molar-refractivity contribution >= 4 is 27.5 Å². The van der Waals surface area contributed by atoms with E-state index < -0.39 is 6.10 Å². The zero-order valence-electron chi connectivity index (χ0n) is 10.6. The van der Waals surface area contributed by atoms with Gasteiger partial charge in [0.05, 0.1) is 6.10 Å². The Morgan fingerprint density at radius 1 is 1.32 bits per heavy atom. The summed E-state index contributed by atoms with van der Waals surface area (Å²) in [6.45, 7) is 2.09. The van der Waals surface area contributed by atoms with Gasteiger partial charge in [-0.2, -0.15) is 0 Å². The number of halogens is 2. The number of rotatable bonds is 4. The molecule has 2 nitrogen and oxygen atoms in total. The van der Waals surface area contributed by atoms with Gasteiger partial charge in [-0.05, 0) is 35.7 Å². The highest BCUT2D eigenvalue weighted by atomic mass is 79.9. The van der Waals surface area contributed by atoms with Gasteiger partial charge in [0, 0.05) is 27.8 Å². The Bertz CT molecular complexity index is 557. The maximum Gasteiger partial charge on any atom is 0.0856 e. The van der Waals surface area contributed by atoms with E-state index in [-0.39, 0.29) is 0 Å². The van der Waals surface area contributed by atoms with Crippen LogP contribution in [0.5, 0.6) is 0 Å². The highest BCUT2D eigenvalue weighted by Crippen LogP contribution is 2.28. The van der Waals surface area contributed by atoms with Gasteiger partial charge in [0.1, 0.15) is 0 Å². The fourth-order valence-electron chi connectivity index (χ4n) is 1.86. The molecule has 100 valence electrons. The van der Waals surface area contributed by atoms with E-state index in [1.807, 2.05) is 24.4 Å². The fourth-order valence-corrected chi connectivity index (χ4v) is 2.81. The molecule has 19 heavy (non-hydrogen) atoms. The Balaban J connectivity index is 2.13. The van der Waals surface area contributed by atoms with Gasteiger partial charge in [0.2, 0.25) is 0 Å². The topological polar surface area (TPSA) is 33.1 Å². The average molecular weight is 341 g/mol. The number of pyridine rings is 1. The number of hydrogen-bond donors (Lipinski definition) is 1. The third-order valence-electron chi connectivity index (χ3n) is 3.02. The molecule has 1 atom stereocenters. The van der Waals surface area contributed by atoms with Crippen LogP contribution in [-0.2, 0) is 12.8 Å². The molecule has 1 heterocycles. The summed E-state index contributed by atoms with van der Waals surface area (Å²) >= 11 is 9.31. The van der Waals surface area contributed by atoms with Gasteiger partial charge in [-0.15, -0.1) is 0 Å². The first-order chi connectivity index (χ1) is 9.10. The van der Waals surface area contributed by atoms with Crippen molar-refractivity contribution in [3.05, 3.63) is 62.8 Å². The molecule has 1 aromatic carbocycles. The SMILES string of the molecule is CCc1ccc(CC(O)c2ccc(Cl)cc2Br)nc1. The summed E-state index contributed by atoms with van der Waals surface area (Å²) in [7, 11) is 0. The second-order valence-corrected chi connectivity index (χ2v) is 5.69. The summed E-state index contributed by atoms with van der Waals surface area (Å²) in [6.07, 6.45) is 2.73. The molecular formula is C15H15BrClNO. The summed E-state index contributed by atoms with van der Waals surface area (Å²) in [5.74, 6) is 0. The van der Waals surface area contributed by atoms with Crippen LogP contribution in [-0.4, -0.2) is 10.1 Å². The monoisotopic (exact) mass is 339 g/mol. The van der Waals surface area contributed by atoms with Crippen molar-refractivity contribution in [2.45, 2.75) is 25.9 Å². The quantitative estimate of drug-likeness (QED) is 0.898. The highest BCUT2D eigenvalue weighted by molar-refractivity contribution is 9.10. The van der Waals surface area contributed by atoms with Gasteiger partial charge in [-0.25, -0.2) is 0 Å². The maximum absolute atomic E-state index is 10.3. The molecular weight excluding hydrogens is 326 g/mol. The largest absolute Gasteiger partial charge is 0.388 e. The molecule has 1 N–H and O–H groups in total. The summed E-state index contributed by atoms with van der Waals surface area (Å²) in [5.41, 5.74) is 2.91. The summed E-state index contributed by atoms with van der Waals surface area (Å²) < 4.78 is 0.817. The lowest BCUT2D eigenvalue weighted by Crippen LogP contribution is -2.04. The molecule has 0 saturated heterocycles. The Kier molecular flexibility index (Phi) is 4.97. The standard InChI is InChI=1S/C15H15BrClNO/c1-2-10-3-5-12(18-9-10)8-15(19)13-6-4-11(17)7-14(13)16/h3-7,9,15,19H,2,8H2,1H3. The molecule has 0 bridgehead atoms. The second-order valence-electron chi connectivity index (χ2n) is 4.40. The van der Waals surface area contributed by atoms with Crippen LogP contribution in [0, 0.1) is 0 Å². The van der Waals surface area contributed by atoms with E-state index in [1.165, 1.54) is 5.56 Å². The van der Waals surface area contributed by atoms with Gasteiger partial charge in [-0.1, -0.05) is 46.6 Å². The molecule has 1 aromatic heterocycles. The Hall–Kier alpha value is -0.900. The summed E-state index contributed by atoms with van der Waals surface area (Å²) in [5, 5.41) is 10.9. The predicted octanol–water partition coefficient (Wildman–Crippen LogP) is 4.34. The highest BCUT2D eigenvalue weighted by Gasteiger charge is 2.13. The van der Waals surface area contributed by atoms with Crippen molar-refractivity contribution in [2.75, 3.05) is 0 Å². The first-order valence-corrected chi connectivity index (χ1v) is 7.34. The van der Waals surface area contributed by atoms with E-state index in [0.29, 0.717) is 11.4 Å². The lowest BCUT2D eigenvalue weighted by atomic mass is 10.0. The smallest absolute Gasteiger partial charge is 0.0856 e. The molecule has 0 aliphatic rings. The van der Waals surface area contributed by atoms with Gasteiger partial charge in [0.15, 0.2) is 0 Å². The third-order valence-corrected chi connectivity index (χ3v) is 3.94. The van der Waals surface area contributed by atoms with Crippen molar-refractivity contribution in [3.8, 4) is 0 Å². The Morgan fingerprint density at radius 3 is 2.68 bits per heavy atom. The van der Waals surface area contributed by atoms with Crippen LogP contribution in [0.25, 0.3) is 0 Å². The van der Waals surface area contributed by atoms with E-state index >= 15 is 0 Å². The molecule has 4 heteroatoms. The average Bonchev–Trinajstić information content (AvgIpc) is 2.39. The first-order valence-electron chi connectivity index (χ1n) is 6.17. The Morgan fingerprint density at radius 2 is 2.11 bits per heavy atom. The number of benzene rings is 1. The number of aromatic nitrogens is 1. The minimum absolute atomic E-state index is 0.490. The lowest BCUT2D eigenvalue weighted by molar-refractivity contribution is 0.176. The van der Waals surface area contributed by atoms with Crippen LogP contribution >= 0.6 is 27.5 Å². The lowest BCUT2D eigenvalue weighted by Gasteiger charge is -2.13.